The Labute approximate surface area is 114 Å². The van der Waals surface area contributed by atoms with Crippen molar-refractivity contribution in [2.24, 2.45) is 0 Å². The van der Waals surface area contributed by atoms with Gasteiger partial charge < -0.3 is 14.8 Å². The fourth-order valence-corrected chi connectivity index (χ4v) is 1.69. The summed E-state index contributed by atoms with van der Waals surface area (Å²) in [5.74, 6) is 0.366. The zero-order chi connectivity index (χ0) is 14.5. The number of hydrogen-bond donors (Lipinski definition) is 1. The van der Waals surface area contributed by atoms with Crippen LogP contribution >= 0.6 is 0 Å². The summed E-state index contributed by atoms with van der Waals surface area (Å²) in [6.07, 6.45) is 0.606. The Kier molecular flexibility index (Phi) is 5.30. The molecule has 0 spiro atoms. The third-order valence-corrected chi connectivity index (χ3v) is 3.14. The van der Waals surface area contributed by atoms with Crippen molar-refractivity contribution in [3.05, 3.63) is 17.8 Å². The molecule has 0 saturated carbocycles. The molecular formula is C14H22N2O3. The first-order chi connectivity index (χ1) is 8.96. The van der Waals surface area contributed by atoms with Gasteiger partial charge in [-0.3, -0.25) is 4.79 Å². The predicted molar refractivity (Wildman–Crippen MR) is 74.5 cm³/mol. The summed E-state index contributed by atoms with van der Waals surface area (Å²) in [6, 6.07) is 3.49. The summed E-state index contributed by atoms with van der Waals surface area (Å²) in [6.45, 7) is 7.91. The average Bonchev–Trinajstić information content (AvgIpc) is 2.40. The molecule has 5 heteroatoms. The van der Waals surface area contributed by atoms with Gasteiger partial charge in [0, 0.05) is 12.7 Å². The van der Waals surface area contributed by atoms with Crippen LogP contribution in [0.3, 0.4) is 0 Å². The summed E-state index contributed by atoms with van der Waals surface area (Å²) in [4.78, 5) is 16.5. The van der Waals surface area contributed by atoms with Crippen molar-refractivity contribution in [1.29, 1.82) is 0 Å². The molecule has 1 unspecified atom stereocenters. The number of nitrogens with one attached hydrogen (secondary N) is 1. The number of pyridine rings is 1. The standard InChI is InChI=1S/C14H22N2O3/c1-6-14(4,19-7-2)13(17)16-11-8-9-12(18-5)15-10(11)3/h8-9H,6-7H2,1-5H3,(H,16,17). The Bertz CT molecular complexity index is 448. The van der Waals surface area contributed by atoms with Crippen LogP contribution < -0.4 is 10.1 Å². The van der Waals surface area contributed by atoms with Gasteiger partial charge in [0.2, 0.25) is 5.88 Å². The molecule has 0 saturated heterocycles. The lowest BCUT2D eigenvalue weighted by Crippen LogP contribution is -2.42. The highest BCUT2D eigenvalue weighted by atomic mass is 16.5. The molecule has 19 heavy (non-hydrogen) atoms. The molecule has 0 radical (unpaired) electrons. The topological polar surface area (TPSA) is 60.5 Å². The quantitative estimate of drug-likeness (QED) is 0.859. The van der Waals surface area contributed by atoms with Gasteiger partial charge in [0.15, 0.2) is 0 Å². The Morgan fingerprint density at radius 1 is 1.42 bits per heavy atom. The summed E-state index contributed by atoms with van der Waals surface area (Å²) in [5.41, 5.74) is 0.564. The number of carbonyl (C=O) groups excluding carboxylic acids is 1. The SMILES string of the molecule is CCOC(C)(CC)C(=O)Nc1ccc(OC)nc1C. The number of rotatable bonds is 6. The molecule has 5 nitrogen and oxygen atoms in total. The van der Waals surface area contributed by atoms with Crippen LogP contribution in [0, 0.1) is 6.92 Å². The zero-order valence-corrected chi connectivity index (χ0v) is 12.2. The van der Waals surface area contributed by atoms with Gasteiger partial charge in [0.05, 0.1) is 18.5 Å². The van der Waals surface area contributed by atoms with Gasteiger partial charge in [-0.1, -0.05) is 6.92 Å². The largest absolute Gasteiger partial charge is 0.481 e. The van der Waals surface area contributed by atoms with Crippen LogP contribution in [0.15, 0.2) is 12.1 Å². The number of aromatic nitrogens is 1. The molecule has 106 valence electrons. The number of nitrogens with zero attached hydrogens (tertiary/aromatic N) is 1. The second kappa shape index (κ2) is 6.52. The smallest absolute Gasteiger partial charge is 0.256 e. The lowest BCUT2D eigenvalue weighted by molar-refractivity contribution is -0.139. The van der Waals surface area contributed by atoms with Gasteiger partial charge in [-0.05, 0) is 33.3 Å². The van der Waals surface area contributed by atoms with Crippen LogP contribution in [-0.4, -0.2) is 30.2 Å². The van der Waals surface area contributed by atoms with Gasteiger partial charge in [-0.25, -0.2) is 4.98 Å². The second-order valence-electron chi connectivity index (χ2n) is 4.46. The highest BCUT2D eigenvalue weighted by molar-refractivity contribution is 5.97. The van der Waals surface area contributed by atoms with E-state index in [1.807, 2.05) is 20.8 Å². The van der Waals surface area contributed by atoms with E-state index in [1.54, 1.807) is 26.2 Å². The molecule has 1 atom stereocenters. The minimum absolute atomic E-state index is 0.160. The van der Waals surface area contributed by atoms with Crippen molar-refractivity contribution in [3.63, 3.8) is 0 Å². The highest BCUT2D eigenvalue weighted by Gasteiger charge is 2.32. The van der Waals surface area contributed by atoms with Crippen molar-refractivity contribution in [2.75, 3.05) is 19.0 Å². The van der Waals surface area contributed by atoms with Gasteiger partial charge >= 0.3 is 0 Å². The normalized spacial score (nSPS) is 13.7. The molecule has 0 aliphatic carbocycles. The Balaban J connectivity index is 2.87. The third-order valence-electron chi connectivity index (χ3n) is 3.14. The molecule has 1 amide bonds. The van der Waals surface area contributed by atoms with Crippen LogP contribution in [0.2, 0.25) is 0 Å². The summed E-state index contributed by atoms with van der Waals surface area (Å²) in [7, 11) is 1.56. The van der Waals surface area contributed by atoms with Crippen LogP contribution in [0.4, 0.5) is 5.69 Å². The molecule has 0 aliphatic heterocycles. The number of amides is 1. The molecule has 1 aromatic heterocycles. The maximum absolute atomic E-state index is 12.3. The summed E-state index contributed by atoms with van der Waals surface area (Å²) in [5, 5.41) is 2.86. The number of hydrogen-bond acceptors (Lipinski definition) is 4. The second-order valence-corrected chi connectivity index (χ2v) is 4.46. The first kappa shape index (κ1) is 15.4. The summed E-state index contributed by atoms with van der Waals surface area (Å²) >= 11 is 0. The fourth-order valence-electron chi connectivity index (χ4n) is 1.69. The van der Waals surface area contributed by atoms with Crippen LogP contribution in [-0.2, 0) is 9.53 Å². The number of anilines is 1. The molecule has 1 heterocycles. The third kappa shape index (κ3) is 3.67. The van der Waals surface area contributed by atoms with E-state index in [0.717, 1.165) is 0 Å². The average molecular weight is 266 g/mol. The lowest BCUT2D eigenvalue weighted by atomic mass is 10.0. The van der Waals surface area contributed by atoms with Gasteiger partial charge in [0.25, 0.3) is 5.91 Å². The van der Waals surface area contributed by atoms with Gasteiger partial charge in [-0.15, -0.1) is 0 Å². The molecule has 0 bridgehead atoms. The van der Waals surface area contributed by atoms with Crippen LogP contribution in [0.1, 0.15) is 32.9 Å². The number of ether oxygens (including phenoxy) is 2. The van der Waals surface area contributed by atoms with Crippen molar-refractivity contribution in [1.82, 2.24) is 4.98 Å². The van der Waals surface area contributed by atoms with E-state index in [9.17, 15) is 4.79 Å². The molecular weight excluding hydrogens is 244 g/mol. The monoisotopic (exact) mass is 266 g/mol. The van der Waals surface area contributed by atoms with E-state index in [1.165, 1.54) is 0 Å². The molecule has 1 rings (SSSR count). The first-order valence-corrected chi connectivity index (χ1v) is 6.43. The molecule has 1 aromatic rings. The van der Waals surface area contributed by atoms with E-state index in [4.69, 9.17) is 9.47 Å². The Hall–Kier alpha value is -1.62. The minimum atomic E-state index is -0.818. The molecule has 0 aliphatic rings. The van der Waals surface area contributed by atoms with E-state index < -0.39 is 5.60 Å². The maximum Gasteiger partial charge on any atom is 0.256 e. The van der Waals surface area contributed by atoms with Crippen LogP contribution in [0.5, 0.6) is 5.88 Å². The highest BCUT2D eigenvalue weighted by Crippen LogP contribution is 2.21. The lowest BCUT2D eigenvalue weighted by Gasteiger charge is -2.27. The zero-order valence-electron chi connectivity index (χ0n) is 12.2. The van der Waals surface area contributed by atoms with Crippen molar-refractivity contribution in [2.45, 2.75) is 39.7 Å². The van der Waals surface area contributed by atoms with E-state index in [0.29, 0.717) is 30.3 Å². The molecule has 0 aromatic carbocycles. The maximum atomic E-state index is 12.3. The first-order valence-electron chi connectivity index (χ1n) is 6.43. The number of methoxy groups -OCH3 is 1. The number of aryl methyl sites for hydroxylation is 1. The van der Waals surface area contributed by atoms with E-state index >= 15 is 0 Å². The van der Waals surface area contributed by atoms with Gasteiger partial charge in [-0.2, -0.15) is 0 Å². The molecule has 1 N–H and O–H groups in total. The Morgan fingerprint density at radius 3 is 2.58 bits per heavy atom. The van der Waals surface area contributed by atoms with E-state index in [2.05, 4.69) is 10.3 Å². The van der Waals surface area contributed by atoms with E-state index in [-0.39, 0.29) is 5.91 Å². The van der Waals surface area contributed by atoms with Crippen molar-refractivity contribution >= 4 is 11.6 Å². The minimum Gasteiger partial charge on any atom is -0.481 e. The fraction of sp³-hybridized carbons (Fsp3) is 0.571. The number of carbonyl (C=O) groups is 1. The van der Waals surface area contributed by atoms with Gasteiger partial charge in [0.1, 0.15) is 5.60 Å². The Morgan fingerprint density at radius 2 is 2.11 bits per heavy atom. The van der Waals surface area contributed by atoms with Crippen molar-refractivity contribution < 1.29 is 14.3 Å². The summed E-state index contributed by atoms with van der Waals surface area (Å²) < 4.78 is 10.6. The molecule has 0 fully saturated rings. The van der Waals surface area contributed by atoms with Crippen LogP contribution in [0.25, 0.3) is 0 Å². The van der Waals surface area contributed by atoms with Crippen molar-refractivity contribution in [3.8, 4) is 5.88 Å². The predicted octanol–water partition coefficient (Wildman–Crippen LogP) is 2.54.